The molecule has 53 heavy (non-hydrogen) atoms. The maximum Gasteiger partial charge on any atom is 0.164 e. The van der Waals surface area contributed by atoms with Crippen molar-refractivity contribution >= 4 is 56.3 Å². The van der Waals surface area contributed by atoms with E-state index in [9.17, 15) is 10.2 Å². The number of halogens is 1. The van der Waals surface area contributed by atoms with Crippen molar-refractivity contribution in [3.05, 3.63) is 70.1 Å². The van der Waals surface area contributed by atoms with E-state index in [4.69, 9.17) is 39.9 Å². The summed E-state index contributed by atoms with van der Waals surface area (Å²) in [5.41, 5.74) is 15.0. The Labute approximate surface area is 317 Å². The smallest absolute Gasteiger partial charge is 0.164 e. The van der Waals surface area contributed by atoms with Crippen LogP contribution in [0.3, 0.4) is 0 Å². The van der Waals surface area contributed by atoms with Crippen LogP contribution in [-0.4, -0.2) is 101 Å². The first-order valence-corrected chi connectivity index (χ1v) is 18.1. The highest BCUT2D eigenvalue weighted by atomic mass is 127. The molecule has 1 aromatic carbocycles. The molecule has 16 nitrogen and oxygen atoms in total. The van der Waals surface area contributed by atoms with Crippen molar-refractivity contribution in [2.75, 3.05) is 24.7 Å². The van der Waals surface area contributed by atoms with Crippen LogP contribution in [0.4, 0.5) is 11.6 Å². The van der Waals surface area contributed by atoms with Crippen molar-refractivity contribution in [3.8, 4) is 11.8 Å². The van der Waals surface area contributed by atoms with Crippen LogP contribution < -0.4 is 11.5 Å². The summed E-state index contributed by atoms with van der Waals surface area (Å²) < 4.78 is 40.7. The minimum Gasteiger partial charge on any atom is -0.394 e. The molecule has 4 aliphatic heterocycles. The second kappa shape index (κ2) is 13.7. The molecule has 8 heterocycles. The van der Waals surface area contributed by atoms with Crippen LogP contribution in [-0.2, 0) is 28.4 Å². The number of nitrogens with zero attached hydrogens (tertiary/aromatic N) is 6. The third kappa shape index (κ3) is 6.51. The number of ether oxygens (including phenoxy) is 6. The number of hydrogen-bond acceptors (Lipinski definition) is 14. The predicted molar refractivity (Wildman–Crippen MR) is 199 cm³/mol. The largest absolute Gasteiger partial charge is 0.394 e. The molecule has 17 heteroatoms. The van der Waals surface area contributed by atoms with Crippen molar-refractivity contribution in [1.82, 2.24) is 29.1 Å². The molecule has 4 aliphatic rings. The zero-order valence-electron chi connectivity index (χ0n) is 29.3. The van der Waals surface area contributed by atoms with Gasteiger partial charge in [0.25, 0.3) is 0 Å². The van der Waals surface area contributed by atoms with Gasteiger partial charge >= 0.3 is 0 Å². The Morgan fingerprint density at radius 3 is 1.74 bits per heavy atom. The van der Waals surface area contributed by atoms with E-state index in [0.717, 1.165) is 14.5 Å². The molecule has 4 saturated heterocycles. The van der Waals surface area contributed by atoms with Crippen molar-refractivity contribution in [1.29, 1.82) is 0 Å². The highest BCUT2D eigenvalue weighted by molar-refractivity contribution is 14.1. The Kier molecular flexibility index (Phi) is 9.32. The van der Waals surface area contributed by atoms with Crippen LogP contribution in [0.2, 0.25) is 0 Å². The van der Waals surface area contributed by atoms with Gasteiger partial charge in [0.1, 0.15) is 72.2 Å². The quantitative estimate of drug-likeness (QED) is 0.152. The Morgan fingerprint density at radius 2 is 1.19 bits per heavy atom. The Balaban J connectivity index is 0.000000156. The van der Waals surface area contributed by atoms with Gasteiger partial charge in [-0.2, -0.15) is 0 Å². The van der Waals surface area contributed by atoms with Crippen LogP contribution in [0.15, 0.2) is 55.4 Å². The van der Waals surface area contributed by atoms with E-state index in [-0.39, 0.29) is 31.5 Å². The fourth-order valence-corrected chi connectivity index (χ4v) is 8.19. The number of aliphatic hydroxyl groups excluding tert-OH is 2. The number of aromatic nitrogens is 6. The second-order valence-electron chi connectivity index (χ2n) is 14.0. The molecule has 278 valence electrons. The highest BCUT2D eigenvalue weighted by Gasteiger charge is 2.57. The second-order valence-corrected chi connectivity index (χ2v) is 15.2. The van der Waals surface area contributed by atoms with Crippen LogP contribution in [0.1, 0.15) is 51.3 Å². The Morgan fingerprint density at radius 1 is 0.698 bits per heavy atom. The van der Waals surface area contributed by atoms with Gasteiger partial charge in [-0.05, 0) is 62.4 Å². The average Bonchev–Trinajstić information content (AvgIpc) is 3.95. The number of benzene rings is 1. The van der Waals surface area contributed by atoms with Crippen molar-refractivity contribution in [3.63, 3.8) is 0 Å². The lowest BCUT2D eigenvalue weighted by Gasteiger charge is -2.24. The first kappa shape index (κ1) is 36.0. The first-order valence-electron chi connectivity index (χ1n) is 17.1. The van der Waals surface area contributed by atoms with Crippen LogP contribution in [0, 0.1) is 15.4 Å². The molecule has 0 saturated carbocycles. The molecule has 5 aromatic rings. The predicted octanol–water partition coefficient (Wildman–Crippen LogP) is 2.85. The van der Waals surface area contributed by atoms with Gasteiger partial charge in [-0.3, -0.25) is 0 Å². The average molecular weight is 839 g/mol. The van der Waals surface area contributed by atoms with E-state index >= 15 is 0 Å². The molecule has 6 N–H and O–H groups in total. The topological polar surface area (TPSA) is 209 Å². The number of nitrogens with two attached hydrogens (primary N) is 2. The lowest BCUT2D eigenvalue weighted by Crippen LogP contribution is -2.31. The van der Waals surface area contributed by atoms with Gasteiger partial charge in [0.2, 0.25) is 0 Å². The maximum atomic E-state index is 9.78. The van der Waals surface area contributed by atoms with E-state index in [1.165, 1.54) is 12.7 Å². The van der Waals surface area contributed by atoms with E-state index in [0.29, 0.717) is 33.9 Å². The number of fused-ring (bicyclic) bond motifs is 4. The summed E-state index contributed by atoms with van der Waals surface area (Å²) in [6.07, 6.45) is 3.22. The number of aliphatic hydroxyl groups is 2. The van der Waals surface area contributed by atoms with Gasteiger partial charge in [0.05, 0.1) is 29.5 Å². The van der Waals surface area contributed by atoms with E-state index in [1.807, 2.05) is 79.6 Å². The molecule has 0 spiro atoms. The maximum absolute atomic E-state index is 9.78. The molecule has 8 atom stereocenters. The highest BCUT2D eigenvalue weighted by Crippen LogP contribution is 2.46. The van der Waals surface area contributed by atoms with Gasteiger partial charge in [0, 0.05) is 21.5 Å². The third-order valence-corrected chi connectivity index (χ3v) is 10.3. The number of hydrogen-bond donors (Lipinski definition) is 4. The number of anilines is 2. The Hall–Kier alpha value is -3.97. The molecule has 4 aromatic heterocycles. The van der Waals surface area contributed by atoms with Crippen LogP contribution in [0.25, 0.3) is 22.1 Å². The van der Waals surface area contributed by atoms with Crippen molar-refractivity contribution in [2.24, 2.45) is 0 Å². The standard InChI is InChI=1S/C22H22N4O4.C14H17IN4O4/c1-22(2)29-17-15(11-27)28-21(18(17)30-22)26-10-14(9-8-13-6-4-3-5-7-13)16-19(23)24-12-25-20(16)26;1-14(2)22-9-7(4-20)21-13(10(9)23-14)19-3-6(15)8-11(16)17-5-18-12(8)19/h3-7,10,12,15,17-18,21,27H,11H2,1-2H3,(H2,23,24,25);3,5,7,9-10,13,20H,4H2,1-2H3,(H2,16,17,18)/t15-,17-,18-,21-;7-,9-,10-,13-/m11/s1. The minimum absolute atomic E-state index is 0.134. The lowest BCUT2D eigenvalue weighted by molar-refractivity contribution is -0.199. The van der Waals surface area contributed by atoms with Gasteiger partial charge in [0.15, 0.2) is 24.0 Å². The summed E-state index contributed by atoms with van der Waals surface area (Å²) in [5, 5.41) is 20.8. The molecule has 0 radical (unpaired) electrons. The summed E-state index contributed by atoms with van der Waals surface area (Å²) in [5.74, 6) is 5.62. The molecule has 9 rings (SSSR count). The molecule has 0 bridgehead atoms. The molecular formula is C36H39IN8O8. The zero-order valence-corrected chi connectivity index (χ0v) is 31.4. The summed E-state index contributed by atoms with van der Waals surface area (Å²) >= 11 is 2.19. The van der Waals surface area contributed by atoms with E-state index in [1.54, 1.807) is 0 Å². The van der Waals surface area contributed by atoms with Crippen LogP contribution >= 0.6 is 22.6 Å². The van der Waals surface area contributed by atoms with E-state index in [2.05, 4.69) is 54.4 Å². The van der Waals surface area contributed by atoms with Gasteiger partial charge in [-0.1, -0.05) is 30.0 Å². The molecule has 0 aliphatic carbocycles. The monoisotopic (exact) mass is 838 g/mol. The summed E-state index contributed by atoms with van der Waals surface area (Å²) in [4.78, 5) is 16.9. The minimum atomic E-state index is -0.766. The number of rotatable bonds is 4. The molecule has 0 unspecified atom stereocenters. The summed E-state index contributed by atoms with van der Waals surface area (Å²) in [6, 6.07) is 9.69. The third-order valence-electron chi connectivity index (χ3n) is 9.51. The van der Waals surface area contributed by atoms with Crippen molar-refractivity contribution in [2.45, 2.75) is 88.3 Å². The Bertz CT molecular complexity index is 2220. The summed E-state index contributed by atoms with van der Waals surface area (Å²) in [7, 11) is 0. The van der Waals surface area contributed by atoms with Gasteiger partial charge < -0.3 is 59.2 Å². The van der Waals surface area contributed by atoms with Crippen molar-refractivity contribution < 1.29 is 38.6 Å². The normalized spacial score (nSPS) is 29.4. The van der Waals surface area contributed by atoms with Crippen LogP contribution in [0.5, 0.6) is 0 Å². The molecule has 4 fully saturated rings. The first-order chi connectivity index (χ1) is 25.4. The SMILES string of the molecule is CC1(C)O[C@@H]2[C@H](O1)[C@@H](CO)O[C@H]2n1cc(C#Cc2ccccc2)c2c(N)ncnc21.CC1(C)O[C@@H]2[C@H](O1)[C@@H](CO)O[C@H]2n1cc(I)c2c(N)ncnc21. The van der Waals surface area contributed by atoms with E-state index < -0.39 is 42.3 Å². The zero-order chi connectivity index (χ0) is 37.2. The van der Waals surface area contributed by atoms with Gasteiger partial charge in [-0.25, -0.2) is 19.9 Å². The fourth-order valence-electron chi connectivity index (χ4n) is 7.37. The summed E-state index contributed by atoms with van der Waals surface area (Å²) in [6.45, 7) is 7.10. The number of nitrogen functional groups attached to an aromatic ring is 2. The van der Waals surface area contributed by atoms with Gasteiger partial charge in [-0.15, -0.1) is 0 Å². The fraction of sp³-hybridized carbons (Fsp3) is 0.444. The lowest BCUT2D eigenvalue weighted by atomic mass is 10.1. The molecule has 0 amide bonds. The molecular weight excluding hydrogens is 799 g/mol.